The molecule has 3 fully saturated rings. The summed E-state index contributed by atoms with van der Waals surface area (Å²) in [7, 11) is 0. The molecule has 0 aromatic rings. The molecule has 1 unspecified atom stereocenters. The Kier molecular flexibility index (Phi) is 3.46. The maximum Gasteiger partial charge on any atom is 0.0624 e. The third kappa shape index (κ3) is 2.13. The molecule has 3 heterocycles. The molecular formula is C13H25N3. The second-order valence-electron chi connectivity index (χ2n) is 5.58. The fourth-order valence-corrected chi connectivity index (χ4v) is 3.78. The van der Waals surface area contributed by atoms with Gasteiger partial charge in [-0.3, -0.25) is 9.80 Å². The van der Waals surface area contributed by atoms with Crippen molar-refractivity contribution in [3.8, 4) is 0 Å². The van der Waals surface area contributed by atoms with E-state index in [-0.39, 0.29) is 0 Å². The van der Waals surface area contributed by atoms with E-state index in [0.29, 0.717) is 0 Å². The molecule has 0 amide bonds. The summed E-state index contributed by atoms with van der Waals surface area (Å²) < 4.78 is 0. The number of piperidine rings is 2. The first-order chi connectivity index (χ1) is 7.95. The van der Waals surface area contributed by atoms with Gasteiger partial charge < -0.3 is 5.32 Å². The van der Waals surface area contributed by atoms with Crippen molar-refractivity contribution in [2.75, 3.05) is 32.7 Å². The van der Waals surface area contributed by atoms with E-state index in [1.54, 1.807) is 0 Å². The van der Waals surface area contributed by atoms with Gasteiger partial charge in [-0.15, -0.1) is 0 Å². The van der Waals surface area contributed by atoms with Crippen LogP contribution in [0.5, 0.6) is 0 Å². The Morgan fingerprint density at radius 2 is 1.62 bits per heavy atom. The van der Waals surface area contributed by atoms with E-state index in [1.807, 2.05) is 0 Å². The van der Waals surface area contributed by atoms with Gasteiger partial charge in [-0.2, -0.15) is 0 Å². The largest absolute Gasteiger partial charge is 0.317 e. The Bertz CT molecular complexity index is 223. The Labute approximate surface area is 99.2 Å². The van der Waals surface area contributed by atoms with Gasteiger partial charge in [-0.05, 0) is 58.2 Å². The van der Waals surface area contributed by atoms with Crippen LogP contribution in [0.1, 0.15) is 38.5 Å². The lowest BCUT2D eigenvalue weighted by molar-refractivity contribution is -0.0506. The summed E-state index contributed by atoms with van der Waals surface area (Å²) in [6.45, 7) is 6.52. The van der Waals surface area contributed by atoms with Crippen LogP contribution in [0.3, 0.4) is 0 Å². The number of nitrogens with one attached hydrogen (secondary N) is 1. The molecule has 0 saturated carbocycles. The van der Waals surface area contributed by atoms with Gasteiger partial charge in [0.1, 0.15) is 0 Å². The Balaban J connectivity index is 1.67. The van der Waals surface area contributed by atoms with Gasteiger partial charge in [0.05, 0.1) is 6.17 Å². The first kappa shape index (κ1) is 11.0. The minimum Gasteiger partial charge on any atom is -0.317 e. The summed E-state index contributed by atoms with van der Waals surface area (Å²) >= 11 is 0. The summed E-state index contributed by atoms with van der Waals surface area (Å²) in [6.07, 6.45) is 9.21. The van der Waals surface area contributed by atoms with Crippen molar-refractivity contribution >= 4 is 0 Å². The van der Waals surface area contributed by atoms with Gasteiger partial charge in [-0.25, -0.2) is 0 Å². The van der Waals surface area contributed by atoms with Crippen molar-refractivity contribution < 1.29 is 0 Å². The molecule has 0 radical (unpaired) electrons. The molecule has 3 aliphatic heterocycles. The monoisotopic (exact) mass is 223 g/mol. The van der Waals surface area contributed by atoms with Gasteiger partial charge >= 0.3 is 0 Å². The SMILES string of the molecule is C1CCN2CCCN(C3CCNCC3)C2C1. The maximum absolute atomic E-state index is 3.49. The molecule has 16 heavy (non-hydrogen) atoms. The van der Waals surface area contributed by atoms with E-state index in [4.69, 9.17) is 0 Å². The molecule has 3 heteroatoms. The van der Waals surface area contributed by atoms with Gasteiger partial charge in [0.15, 0.2) is 0 Å². The summed E-state index contributed by atoms with van der Waals surface area (Å²) in [4.78, 5) is 5.58. The standard InChI is InChI=1S/C13H25N3/c1-2-9-15-10-3-11-16(13(15)4-1)12-5-7-14-8-6-12/h12-14H,1-11H2. The molecule has 1 atom stereocenters. The number of fused-ring (bicyclic) bond motifs is 1. The van der Waals surface area contributed by atoms with Crippen LogP contribution in [0.4, 0.5) is 0 Å². The first-order valence-electron chi connectivity index (χ1n) is 7.16. The number of rotatable bonds is 1. The van der Waals surface area contributed by atoms with Crippen LogP contribution >= 0.6 is 0 Å². The molecule has 0 aromatic heterocycles. The molecule has 3 saturated heterocycles. The van der Waals surface area contributed by atoms with Crippen LogP contribution in [0.15, 0.2) is 0 Å². The predicted octanol–water partition coefficient (Wildman–Crippen LogP) is 1.26. The van der Waals surface area contributed by atoms with E-state index < -0.39 is 0 Å². The third-order valence-electron chi connectivity index (χ3n) is 4.60. The maximum atomic E-state index is 3.49. The van der Waals surface area contributed by atoms with Gasteiger partial charge in [0.25, 0.3) is 0 Å². The normalized spacial score (nSPS) is 34.9. The second kappa shape index (κ2) is 5.03. The summed E-state index contributed by atoms with van der Waals surface area (Å²) in [5, 5.41) is 3.49. The van der Waals surface area contributed by atoms with E-state index in [9.17, 15) is 0 Å². The summed E-state index contributed by atoms with van der Waals surface area (Å²) in [6, 6.07) is 0.868. The number of hydrogen-bond acceptors (Lipinski definition) is 3. The Morgan fingerprint density at radius 1 is 0.812 bits per heavy atom. The van der Waals surface area contributed by atoms with Crippen molar-refractivity contribution in [2.24, 2.45) is 0 Å². The average molecular weight is 223 g/mol. The molecule has 92 valence electrons. The highest BCUT2D eigenvalue weighted by Gasteiger charge is 2.35. The molecule has 1 N–H and O–H groups in total. The van der Waals surface area contributed by atoms with Crippen LogP contribution in [0.25, 0.3) is 0 Å². The van der Waals surface area contributed by atoms with E-state index in [1.165, 1.54) is 71.2 Å². The van der Waals surface area contributed by atoms with Crippen LogP contribution in [-0.2, 0) is 0 Å². The van der Waals surface area contributed by atoms with Crippen LogP contribution in [-0.4, -0.2) is 54.7 Å². The molecular weight excluding hydrogens is 198 g/mol. The van der Waals surface area contributed by atoms with Crippen molar-refractivity contribution in [2.45, 2.75) is 50.7 Å². The summed E-state index contributed by atoms with van der Waals surface area (Å²) in [5.41, 5.74) is 0. The highest BCUT2D eigenvalue weighted by molar-refractivity contribution is 4.88. The Morgan fingerprint density at radius 3 is 2.50 bits per heavy atom. The van der Waals surface area contributed by atoms with Crippen molar-refractivity contribution in [1.29, 1.82) is 0 Å². The average Bonchev–Trinajstić information content (AvgIpc) is 2.39. The minimum absolute atomic E-state index is 0.797. The summed E-state index contributed by atoms with van der Waals surface area (Å²) in [5.74, 6) is 0. The molecule has 3 rings (SSSR count). The van der Waals surface area contributed by atoms with Crippen molar-refractivity contribution in [1.82, 2.24) is 15.1 Å². The number of nitrogens with zero attached hydrogens (tertiary/aromatic N) is 2. The van der Waals surface area contributed by atoms with Crippen molar-refractivity contribution in [3.63, 3.8) is 0 Å². The lowest BCUT2D eigenvalue weighted by Gasteiger charge is -2.50. The topological polar surface area (TPSA) is 18.5 Å². The highest BCUT2D eigenvalue weighted by Crippen LogP contribution is 2.28. The second-order valence-corrected chi connectivity index (χ2v) is 5.58. The third-order valence-corrected chi connectivity index (χ3v) is 4.60. The van der Waals surface area contributed by atoms with E-state index in [2.05, 4.69) is 15.1 Å². The van der Waals surface area contributed by atoms with Gasteiger partial charge in [0, 0.05) is 19.1 Å². The van der Waals surface area contributed by atoms with Gasteiger partial charge in [0.2, 0.25) is 0 Å². The molecule has 3 aliphatic rings. The minimum atomic E-state index is 0.797. The Hall–Kier alpha value is -0.120. The van der Waals surface area contributed by atoms with Crippen LogP contribution < -0.4 is 5.32 Å². The lowest BCUT2D eigenvalue weighted by Crippen LogP contribution is -2.60. The number of hydrogen-bond donors (Lipinski definition) is 1. The van der Waals surface area contributed by atoms with Gasteiger partial charge in [-0.1, -0.05) is 0 Å². The fourth-order valence-electron chi connectivity index (χ4n) is 3.78. The van der Waals surface area contributed by atoms with Crippen LogP contribution in [0, 0.1) is 0 Å². The lowest BCUT2D eigenvalue weighted by atomic mass is 9.97. The molecule has 0 aromatic carbocycles. The molecule has 0 aliphatic carbocycles. The molecule has 0 spiro atoms. The zero-order chi connectivity index (χ0) is 10.8. The van der Waals surface area contributed by atoms with E-state index in [0.717, 1.165) is 12.2 Å². The predicted molar refractivity (Wildman–Crippen MR) is 66.4 cm³/mol. The van der Waals surface area contributed by atoms with Crippen molar-refractivity contribution in [3.05, 3.63) is 0 Å². The van der Waals surface area contributed by atoms with E-state index >= 15 is 0 Å². The smallest absolute Gasteiger partial charge is 0.0624 e. The first-order valence-corrected chi connectivity index (χ1v) is 7.16. The quantitative estimate of drug-likeness (QED) is 0.722. The van der Waals surface area contributed by atoms with Crippen LogP contribution in [0.2, 0.25) is 0 Å². The fraction of sp³-hybridized carbons (Fsp3) is 1.00. The zero-order valence-electron chi connectivity index (χ0n) is 10.3. The molecule has 0 bridgehead atoms. The highest BCUT2D eigenvalue weighted by atomic mass is 15.4. The molecule has 3 nitrogen and oxygen atoms in total. The zero-order valence-corrected chi connectivity index (χ0v) is 10.3.